The number of fused-ring (bicyclic) bond motifs is 9. The number of aryl methyl sites for hydroxylation is 1. The van der Waals surface area contributed by atoms with Crippen molar-refractivity contribution >= 4 is 65.4 Å². The molecule has 3 heterocycles. The highest BCUT2D eigenvalue weighted by atomic mass is 15.0. The van der Waals surface area contributed by atoms with E-state index in [0.717, 1.165) is 11.4 Å². The molecular weight excluding hydrogens is 558 g/mol. The van der Waals surface area contributed by atoms with E-state index in [1.54, 1.807) is 0 Å². The van der Waals surface area contributed by atoms with Crippen LogP contribution < -0.4 is 0 Å². The first-order valence-corrected chi connectivity index (χ1v) is 15.9. The van der Waals surface area contributed by atoms with Crippen molar-refractivity contribution in [2.45, 2.75) is 6.92 Å². The molecule has 7 aromatic carbocycles. The van der Waals surface area contributed by atoms with Gasteiger partial charge in [0, 0.05) is 49.4 Å². The van der Waals surface area contributed by atoms with Crippen molar-refractivity contribution in [2.75, 3.05) is 0 Å². The standard InChI is InChI=1S/C43H29N3/c1-28-18-20-29(21-19-28)45-40-16-8-4-12-34(40)36-26-37-35-13-5-9-17-41(35)46(43(37)27-42(36)45)31-24-22-30(23-25-31)44-38-14-6-2-10-32(38)33-11-3-7-15-39(33)44/h2-27H,1H3. The number of aromatic nitrogens is 3. The summed E-state index contributed by atoms with van der Waals surface area (Å²) < 4.78 is 7.22. The monoisotopic (exact) mass is 587 g/mol. The molecule has 3 aromatic heterocycles. The Hall–Kier alpha value is -6.06. The summed E-state index contributed by atoms with van der Waals surface area (Å²) in [7, 11) is 0. The van der Waals surface area contributed by atoms with Crippen molar-refractivity contribution in [3.63, 3.8) is 0 Å². The number of hydrogen-bond acceptors (Lipinski definition) is 0. The second-order valence-electron chi connectivity index (χ2n) is 12.3. The minimum atomic E-state index is 1.15. The third-order valence-corrected chi connectivity index (χ3v) is 9.70. The van der Waals surface area contributed by atoms with E-state index in [-0.39, 0.29) is 0 Å². The van der Waals surface area contributed by atoms with Crippen LogP contribution >= 0.6 is 0 Å². The lowest BCUT2D eigenvalue weighted by molar-refractivity contribution is 1.14. The molecule has 0 amide bonds. The van der Waals surface area contributed by atoms with Crippen LogP contribution in [0.15, 0.2) is 158 Å². The van der Waals surface area contributed by atoms with Crippen molar-refractivity contribution < 1.29 is 0 Å². The largest absolute Gasteiger partial charge is 0.309 e. The molecule has 0 saturated carbocycles. The van der Waals surface area contributed by atoms with Gasteiger partial charge in [0.1, 0.15) is 0 Å². The van der Waals surface area contributed by atoms with Gasteiger partial charge in [-0.25, -0.2) is 0 Å². The molecule has 0 aliphatic rings. The lowest BCUT2D eigenvalue weighted by Gasteiger charge is -2.12. The first-order chi connectivity index (χ1) is 22.7. The summed E-state index contributed by atoms with van der Waals surface area (Å²) >= 11 is 0. The first kappa shape index (κ1) is 25.3. The molecule has 0 N–H and O–H groups in total. The molecule has 0 atom stereocenters. The molecule has 3 heteroatoms. The first-order valence-electron chi connectivity index (χ1n) is 15.9. The van der Waals surface area contributed by atoms with Crippen molar-refractivity contribution in [3.05, 3.63) is 163 Å². The summed E-state index contributed by atoms with van der Waals surface area (Å²) in [6.07, 6.45) is 0. The molecule has 3 nitrogen and oxygen atoms in total. The van der Waals surface area contributed by atoms with Gasteiger partial charge < -0.3 is 13.7 Å². The lowest BCUT2D eigenvalue weighted by atomic mass is 10.1. The van der Waals surface area contributed by atoms with Crippen molar-refractivity contribution in [1.82, 2.24) is 13.7 Å². The average molecular weight is 588 g/mol. The van der Waals surface area contributed by atoms with E-state index >= 15 is 0 Å². The van der Waals surface area contributed by atoms with Gasteiger partial charge in [-0.2, -0.15) is 0 Å². The van der Waals surface area contributed by atoms with Crippen molar-refractivity contribution in [1.29, 1.82) is 0 Å². The quantitative estimate of drug-likeness (QED) is 0.195. The van der Waals surface area contributed by atoms with Crippen LogP contribution in [0.4, 0.5) is 0 Å². The fourth-order valence-corrected chi connectivity index (χ4v) is 7.63. The summed E-state index contributed by atoms with van der Waals surface area (Å²) in [6, 6.07) is 57.7. The molecule has 0 spiro atoms. The number of benzene rings is 7. The summed E-state index contributed by atoms with van der Waals surface area (Å²) in [4.78, 5) is 0. The average Bonchev–Trinajstić information content (AvgIpc) is 3.73. The van der Waals surface area contributed by atoms with Gasteiger partial charge in [-0.05, 0) is 79.7 Å². The zero-order valence-corrected chi connectivity index (χ0v) is 25.4. The molecule has 0 saturated heterocycles. The summed E-state index contributed by atoms with van der Waals surface area (Å²) in [5, 5.41) is 7.62. The van der Waals surface area contributed by atoms with E-state index in [0.29, 0.717) is 0 Å². The second kappa shape index (κ2) is 9.47. The minimum absolute atomic E-state index is 1.15. The Labute approximate surface area is 265 Å². The Morgan fingerprint density at radius 3 is 0.978 bits per heavy atom. The Kier molecular flexibility index (Phi) is 5.20. The molecule has 0 bridgehead atoms. The third kappa shape index (κ3) is 3.48. The molecule has 216 valence electrons. The second-order valence-corrected chi connectivity index (χ2v) is 12.3. The topological polar surface area (TPSA) is 14.8 Å². The van der Waals surface area contributed by atoms with Crippen molar-refractivity contribution in [3.8, 4) is 17.1 Å². The van der Waals surface area contributed by atoms with E-state index in [2.05, 4.69) is 178 Å². The molecular formula is C43H29N3. The normalized spacial score (nSPS) is 12.0. The van der Waals surface area contributed by atoms with Crippen molar-refractivity contribution in [2.24, 2.45) is 0 Å². The Morgan fingerprint density at radius 1 is 0.283 bits per heavy atom. The highest BCUT2D eigenvalue weighted by molar-refractivity contribution is 6.19. The summed E-state index contributed by atoms with van der Waals surface area (Å²) in [5.74, 6) is 0. The molecule has 0 fully saturated rings. The number of nitrogens with zero attached hydrogens (tertiary/aromatic N) is 3. The van der Waals surface area contributed by atoms with E-state index in [4.69, 9.17) is 0 Å². The van der Waals surface area contributed by atoms with Crippen LogP contribution in [0.1, 0.15) is 5.56 Å². The van der Waals surface area contributed by atoms with Gasteiger partial charge in [-0.1, -0.05) is 90.5 Å². The minimum Gasteiger partial charge on any atom is -0.309 e. The van der Waals surface area contributed by atoms with Gasteiger partial charge in [0.15, 0.2) is 0 Å². The lowest BCUT2D eigenvalue weighted by Crippen LogP contribution is -1.98. The highest BCUT2D eigenvalue weighted by Gasteiger charge is 2.19. The van der Waals surface area contributed by atoms with Crippen LogP contribution in [-0.2, 0) is 0 Å². The number of para-hydroxylation sites is 4. The van der Waals surface area contributed by atoms with Gasteiger partial charge in [0.25, 0.3) is 0 Å². The predicted octanol–water partition coefficient (Wildman–Crippen LogP) is 11.3. The molecule has 0 radical (unpaired) electrons. The maximum atomic E-state index is 2.43. The van der Waals surface area contributed by atoms with Crippen LogP contribution in [0.5, 0.6) is 0 Å². The molecule has 10 rings (SSSR count). The molecule has 46 heavy (non-hydrogen) atoms. The molecule has 10 aromatic rings. The Morgan fingerprint density at radius 2 is 0.587 bits per heavy atom. The smallest absolute Gasteiger partial charge is 0.0562 e. The van der Waals surface area contributed by atoms with E-state index in [1.807, 2.05) is 0 Å². The van der Waals surface area contributed by atoms with Crippen LogP contribution in [-0.4, -0.2) is 13.7 Å². The zero-order chi connectivity index (χ0) is 30.4. The van der Waals surface area contributed by atoms with Crippen LogP contribution in [0.3, 0.4) is 0 Å². The molecule has 0 aliphatic carbocycles. The van der Waals surface area contributed by atoms with Crippen LogP contribution in [0, 0.1) is 6.92 Å². The van der Waals surface area contributed by atoms with Crippen LogP contribution in [0.25, 0.3) is 82.5 Å². The Balaban J connectivity index is 1.24. The SMILES string of the molecule is Cc1ccc(-n2c3ccccc3c3cc4c5ccccc5n(-c5ccc(-n6c7ccccc7c7ccccc76)cc5)c4cc32)cc1. The summed E-state index contributed by atoms with van der Waals surface area (Å²) in [6.45, 7) is 2.14. The molecule has 0 unspecified atom stereocenters. The fourth-order valence-electron chi connectivity index (χ4n) is 7.63. The zero-order valence-electron chi connectivity index (χ0n) is 25.4. The maximum Gasteiger partial charge on any atom is 0.0562 e. The van der Waals surface area contributed by atoms with Gasteiger partial charge in [-0.15, -0.1) is 0 Å². The van der Waals surface area contributed by atoms with Gasteiger partial charge in [-0.3, -0.25) is 0 Å². The fraction of sp³-hybridized carbons (Fsp3) is 0.0233. The van der Waals surface area contributed by atoms with Gasteiger partial charge >= 0.3 is 0 Å². The van der Waals surface area contributed by atoms with Crippen LogP contribution in [0.2, 0.25) is 0 Å². The molecule has 0 aliphatic heterocycles. The van der Waals surface area contributed by atoms with E-state index in [9.17, 15) is 0 Å². The number of hydrogen-bond donors (Lipinski definition) is 0. The van der Waals surface area contributed by atoms with E-state index in [1.165, 1.54) is 76.7 Å². The Bertz CT molecular complexity index is 2740. The summed E-state index contributed by atoms with van der Waals surface area (Å²) in [5.41, 5.74) is 12.0. The van der Waals surface area contributed by atoms with Gasteiger partial charge in [0.05, 0.1) is 33.1 Å². The van der Waals surface area contributed by atoms with E-state index < -0.39 is 0 Å². The highest BCUT2D eigenvalue weighted by Crippen LogP contribution is 2.40. The number of rotatable bonds is 3. The predicted molar refractivity (Wildman–Crippen MR) is 194 cm³/mol. The van der Waals surface area contributed by atoms with Gasteiger partial charge in [0.2, 0.25) is 0 Å². The third-order valence-electron chi connectivity index (χ3n) is 9.70. The maximum absolute atomic E-state index is 2.43.